The summed E-state index contributed by atoms with van der Waals surface area (Å²) in [4.78, 5) is 4.55. The number of aliphatic imine (C=N–C) groups is 1. The van der Waals surface area contributed by atoms with Crippen LogP contribution in [0.25, 0.3) is 5.65 Å². The highest BCUT2D eigenvalue weighted by Crippen LogP contribution is 2.04. The van der Waals surface area contributed by atoms with Gasteiger partial charge in [0.2, 0.25) is 0 Å². The largest absolute Gasteiger partial charge is 0.383 e. The van der Waals surface area contributed by atoms with E-state index in [-0.39, 0.29) is 24.0 Å². The molecule has 0 radical (unpaired) electrons. The number of halogens is 1. The summed E-state index contributed by atoms with van der Waals surface area (Å²) in [6.45, 7) is 5.04. The second-order valence-electron chi connectivity index (χ2n) is 4.83. The Bertz CT molecular complexity index is 600. The van der Waals surface area contributed by atoms with Crippen LogP contribution in [0.4, 0.5) is 0 Å². The zero-order valence-corrected chi connectivity index (χ0v) is 16.0. The van der Waals surface area contributed by atoms with E-state index in [0.29, 0.717) is 6.61 Å². The molecule has 2 aromatic heterocycles. The van der Waals surface area contributed by atoms with Crippen molar-refractivity contribution in [3.05, 3.63) is 30.2 Å². The molecular formula is C15H25IN6O. The van der Waals surface area contributed by atoms with Crippen LogP contribution in [0.15, 0.2) is 29.4 Å². The second-order valence-corrected chi connectivity index (χ2v) is 4.83. The molecule has 0 aliphatic heterocycles. The maximum Gasteiger partial charge on any atom is 0.191 e. The molecule has 0 atom stereocenters. The Labute approximate surface area is 153 Å². The van der Waals surface area contributed by atoms with Crippen LogP contribution < -0.4 is 10.6 Å². The van der Waals surface area contributed by atoms with E-state index in [2.05, 4.69) is 32.7 Å². The van der Waals surface area contributed by atoms with Crippen molar-refractivity contribution in [3.8, 4) is 0 Å². The molecule has 0 aliphatic rings. The predicted octanol–water partition coefficient (Wildman–Crippen LogP) is 1.48. The molecule has 7 nitrogen and oxygen atoms in total. The molecular weight excluding hydrogens is 407 g/mol. The minimum atomic E-state index is 0. The third kappa shape index (κ3) is 6.30. The molecule has 0 aromatic carbocycles. The van der Waals surface area contributed by atoms with Gasteiger partial charge >= 0.3 is 0 Å². The monoisotopic (exact) mass is 432 g/mol. The summed E-state index contributed by atoms with van der Waals surface area (Å²) >= 11 is 0. The maximum atomic E-state index is 5.02. The Morgan fingerprint density at radius 2 is 2.17 bits per heavy atom. The number of guanidine groups is 1. The average Bonchev–Trinajstić information content (AvgIpc) is 2.95. The molecule has 0 bridgehead atoms. The summed E-state index contributed by atoms with van der Waals surface area (Å²) in [6.07, 6.45) is 3.77. The van der Waals surface area contributed by atoms with E-state index in [4.69, 9.17) is 4.74 Å². The van der Waals surface area contributed by atoms with Crippen LogP contribution in [0.2, 0.25) is 0 Å². The molecule has 0 aliphatic carbocycles. The first-order chi connectivity index (χ1) is 10.8. The zero-order valence-electron chi connectivity index (χ0n) is 13.7. The lowest BCUT2D eigenvalue weighted by atomic mass is 10.3. The molecule has 128 valence electrons. The average molecular weight is 432 g/mol. The quantitative estimate of drug-likeness (QED) is 0.286. The number of nitrogens with zero attached hydrogens (tertiary/aromatic N) is 4. The van der Waals surface area contributed by atoms with Crippen molar-refractivity contribution >= 4 is 35.6 Å². The minimum absolute atomic E-state index is 0. The molecule has 2 rings (SSSR count). The van der Waals surface area contributed by atoms with Crippen LogP contribution in [-0.2, 0) is 11.2 Å². The Morgan fingerprint density at radius 1 is 1.30 bits per heavy atom. The van der Waals surface area contributed by atoms with Gasteiger partial charge in [-0.3, -0.25) is 9.39 Å². The smallest absolute Gasteiger partial charge is 0.191 e. The van der Waals surface area contributed by atoms with E-state index in [9.17, 15) is 0 Å². The zero-order chi connectivity index (χ0) is 15.6. The molecule has 0 saturated heterocycles. The number of ether oxygens (including phenoxy) is 1. The summed E-state index contributed by atoms with van der Waals surface area (Å²) < 4.78 is 7.04. The van der Waals surface area contributed by atoms with Gasteiger partial charge in [-0.25, -0.2) is 0 Å². The highest BCUT2D eigenvalue weighted by atomic mass is 127. The van der Waals surface area contributed by atoms with Crippen molar-refractivity contribution in [2.75, 3.05) is 33.4 Å². The van der Waals surface area contributed by atoms with Crippen molar-refractivity contribution in [2.45, 2.75) is 19.8 Å². The Kier molecular flexibility index (Phi) is 9.53. The van der Waals surface area contributed by atoms with Crippen LogP contribution in [0.5, 0.6) is 0 Å². The van der Waals surface area contributed by atoms with Gasteiger partial charge in [0.05, 0.1) is 6.61 Å². The van der Waals surface area contributed by atoms with Gasteiger partial charge in [-0.05, 0) is 25.5 Å². The van der Waals surface area contributed by atoms with E-state index in [1.807, 2.05) is 28.8 Å². The number of fused-ring (bicyclic) bond motifs is 1. The fraction of sp³-hybridized carbons (Fsp3) is 0.533. The van der Waals surface area contributed by atoms with Gasteiger partial charge in [0, 0.05) is 39.4 Å². The highest BCUT2D eigenvalue weighted by Gasteiger charge is 2.03. The fourth-order valence-electron chi connectivity index (χ4n) is 2.10. The second kappa shape index (κ2) is 11.2. The Balaban J connectivity index is 0.00000264. The highest BCUT2D eigenvalue weighted by molar-refractivity contribution is 14.0. The Hall–Kier alpha value is -1.42. The number of aryl methyl sites for hydroxylation is 1. The number of rotatable bonds is 8. The summed E-state index contributed by atoms with van der Waals surface area (Å²) in [7, 11) is 1.69. The number of hydrogen-bond donors (Lipinski definition) is 2. The molecule has 0 amide bonds. The van der Waals surface area contributed by atoms with Gasteiger partial charge in [-0.15, -0.1) is 34.2 Å². The van der Waals surface area contributed by atoms with E-state index in [0.717, 1.165) is 49.9 Å². The van der Waals surface area contributed by atoms with Gasteiger partial charge in [-0.1, -0.05) is 6.07 Å². The van der Waals surface area contributed by atoms with Gasteiger partial charge in [0.1, 0.15) is 5.82 Å². The number of methoxy groups -OCH3 is 1. The van der Waals surface area contributed by atoms with Crippen molar-refractivity contribution in [1.82, 2.24) is 25.2 Å². The molecule has 0 spiro atoms. The summed E-state index contributed by atoms with van der Waals surface area (Å²) in [5.74, 6) is 1.80. The number of hydrogen-bond acceptors (Lipinski definition) is 4. The normalized spacial score (nSPS) is 11.3. The third-order valence-electron chi connectivity index (χ3n) is 3.16. The molecule has 23 heavy (non-hydrogen) atoms. The van der Waals surface area contributed by atoms with Gasteiger partial charge in [0.15, 0.2) is 11.6 Å². The third-order valence-corrected chi connectivity index (χ3v) is 3.16. The summed E-state index contributed by atoms with van der Waals surface area (Å²) in [5.41, 5.74) is 0.885. The van der Waals surface area contributed by atoms with Crippen LogP contribution in [0.3, 0.4) is 0 Å². The van der Waals surface area contributed by atoms with Gasteiger partial charge in [0.25, 0.3) is 0 Å². The molecule has 2 heterocycles. The van der Waals surface area contributed by atoms with Crippen LogP contribution >= 0.6 is 24.0 Å². The predicted molar refractivity (Wildman–Crippen MR) is 103 cm³/mol. The van der Waals surface area contributed by atoms with Crippen LogP contribution in [0, 0.1) is 0 Å². The number of aromatic nitrogens is 3. The van der Waals surface area contributed by atoms with E-state index < -0.39 is 0 Å². The van der Waals surface area contributed by atoms with Crippen molar-refractivity contribution in [2.24, 2.45) is 4.99 Å². The number of nitrogens with one attached hydrogen (secondary N) is 2. The minimum Gasteiger partial charge on any atom is -0.383 e. The molecule has 0 saturated carbocycles. The lowest BCUT2D eigenvalue weighted by Crippen LogP contribution is -2.39. The first kappa shape index (κ1) is 19.6. The summed E-state index contributed by atoms with van der Waals surface area (Å²) in [5, 5.41) is 14.8. The molecule has 2 N–H and O–H groups in total. The standard InChI is InChI=1S/C15H24N6O.HI/c1-3-16-15(18-10-12-22-2)17-9-6-8-14-20-19-13-7-4-5-11-21(13)14;/h4-5,7,11H,3,6,8-10,12H2,1-2H3,(H2,16,17,18);1H. The van der Waals surface area contributed by atoms with E-state index in [1.165, 1.54) is 0 Å². The topological polar surface area (TPSA) is 75.8 Å². The van der Waals surface area contributed by atoms with E-state index in [1.54, 1.807) is 7.11 Å². The Morgan fingerprint density at radius 3 is 2.96 bits per heavy atom. The van der Waals surface area contributed by atoms with E-state index >= 15 is 0 Å². The van der Waals surface area contributed by atoms with Gasteiger partial charge < -0.3 is 15.4 Å². The lowest BCUT2D eigenvalue weighted by molar-refractivity contribution is 0.203. The van der Waals surface area contributed by atoms with Crippen molar-refractivity contribution in [1.29, 1.82) is 0 Å². The molecule has 0 unspecified atom stereocenters. The maximum absolute atomic E-state index is 5.02. The lowest BCUT2D eigenvalue weighted by Gasteiger charge is -2.10. The first-order valence-corrected chi connectivity index (χ1v) is 7.65. The molecule has 2 aromatic rings. The summed E-state index contributed by atoms with van der Waals surface area (Å²) in [6, 6.07) is 5.91. The van der Waals surface area contributed by atoms with Crippen molar-refractivity contribution in [3.63, 3.8) is 0 Å². The SMILES string of the molecule is CCNC(=NCCCc1nnc2ccccn12)NCCOC.I. The fourth-order valence-corrected chi connectivity index (χ4v) is 2.10. The van der Waals surface area contributed by atoms with Crippen LogP contribution in [-0.4, -0.2) is 53.9 Å². The molecule has 8 heteroatoms. The van der Waals surface area contributed by atoms with Crippen molar-refractivity contribution < 1.29 is 4.74 Å². The van der Waals surface area contributed by atoms with Crippen LogP contribution in [0.1, 0.15) is 19.2 Å². The molecule has 0 fully saturated rings. The number of pyridine rings is 1. The first-order valence-electron chi connectivity index (χ1n) is 7.65. The van der Waals surface area contributed by atoms with Gasteiger partial charge in [-0.2, -0.15) is 0 Å².